The number of nitrogens with zero attached hydrogens (tertiary/aromatic N) is 1. The van der Waals surface area contributed by atoms with Crippen LogP contribution in [0, 0.1) is 5.95 Å². The van der Waals surface area contributed by atoms with Crippen molar-refractivity contribution in [2.45, 2.75) is 0 Å². The number of anilines is 1. The van der Waals surface area contributed by atoms with Gasteiger partial charge in [-0.25, -0.2) is 13.4 Å². The van der Waals surface area contributed by atoms with Gasteiger partial charge in [0.15, 0.2) is 0 Å². The van der Waals surface area contributed by atoms with Crippen LogP contribution >= 0.6 is 0 Å². The van der Waals surface area contributed by atoms with E-state index in [1.165, 1.54) is 12.1 Å². The van der Waals surface area contributed by atoms with Crippen molar-refractivity contribution < 1.29 is 12.8 Å². The second-order valence-electron chi connectivity index (χ2n) is 3.73. The maximum Gasteiger partial charge on any atom is 0.255 e. The van der Waals surface area contributed by atoms with Crippen molar-refractivity contribution >= 4 is 21.8 Å². The molecule has 0 bridgehead atoms. The van der Waals surface area contributed by atoms with E-state index in [2.05, 4.69) is 9.71 Å². The summed E-state index contributed by atoms with van der Waals surface area (Å²) in [4.78, 5) is 3.36. The van der Waals surface area contributed by atoms with Crippen molar-refractivity contribution in [2.24, 2.45) is 0 Å². The van der Waals surface area contributed by atoms with Crippen LogP contribution in [-0.2, 0) is 10.0 Å². The second kappa shape index (κ2) is 5.62. The van der Waals surface area contributed by atoms with Crippen LogP contribution in [0.2, 0.25) is 0 Å². The lowest BCUT2D eigenvalue weighted by Gasteiger charge is -2.03. The van der Waals surface area contributed by atoms with Crippen molar-refractivity contribution in [1.82, 2.24) is 4.98 Å². The fraction of sp³-hybridized carbons (Fsp3) is 0. The lowest BCUT2D eigenvalue weighted by molar-refractivity contribution is 0.584. The van der Waals surface area contributed by atoms with Crippen LogP contribution in [-0.4, -0.2) is 13.4 Å². The zero-order valence-corrected chi connectivity index (χ0v) is 10.6. The molecule has 0 amide bonds. The van der Waals surface area contributed by atoms with Crippen LogP contribution in [0.15, 0.2) is 54.1 Å². The second-order valence-corrected chi connectivity index (χ2v) is 5.30. The highest BCUT2D eigenvalue weighted by Crippen LogP contribution is 2.10. The molecule has 0 aliphatic heterocycles. The Morgan fingerprint density at radius 2 is 1.84 bits per heavy atom. The van der Waals surface area contributed by atoms with E-state index in [0.29, 0.717) is 0 Å². The number of hydrogen-bond acceptors (Lipinski definition) is 3. The predicted molar refractivity (Wildman–Crippen MR) is 72.2 cm³/mol. The average Bonchev–Trinajstić information content (AvgIpc) is 2.40. The molecule has 19 heavy (non-hydrogen) atoms. The van der Waals surface area contributed by atoms with Gasteiger partial charge in [-0.15, -0.1) is 0 Å². The molecule has 0 fully saturated rings. The number of pyridine rings is 1. The predicted octanol–water partition coefficient (Wildman–Crippen LogP) is 2.63. The van der Waals surface area contributed by atoms with Gasteiger partial charge in [0.05, 0.1) is 17.3 Å². The van der Waals surface area contributed by atoms with Crippen molar-refractivity contribution in [3.63, 3.8) is 0 Å². The summed E-state index contributed by atoms with van der Waals surface area (Å²) in [6.45, 7) is 0. The van der Waals surface area contributed by atoms with Gasteiger partial charge >= 0.3 is 0 Å². The van der Waals surface area contributed by atoms with Gasteiger partial charge in [0.1, 0.15) is 0 Å². The topological polar surface area (TPSA) is 59.1 Å². The molecule has 0 spiro atoms. The molecule has 6 heteroatoms. The number of hydrogen-bond donors (Lipinski definition) is 1. The van der Waals surface area contributed by atoms with Crippen LogP contribution in [0.25, 0.3) is 6.08 Å². The molecule has 4 nitrogen and oxygen atoms in total. The summed E-state index contributed by atoms with van der Waals surface area (Å²) in [7, 11) is -3.64. The van der Waals surface area contributed by atoms with Crippen LogP contribution in [0.1, 0.15) is 5.56 Å². The van der Waals surface area contributed by atoms with Gasteiger partial charge in [0.2, 0.25) is 5.95 Å². The Labute approximate surface area is 110 Å². The van der Waals surface area contributed by atoms with E-state index in [1.54, 1.807) is 12.1 Å². The van der Waals surface area contributed by atoms with Gasteiger partial charge in [-0.2, -0.15) is 4.39 Å². The van der Waals surface area contributed by atoms with Crippen LogP contribution in [0.4, 0.5) is 10.1 Å². The smallest absolute Gasteiger partial charge is 0.255 e. The first-order chi connectivity index (χ1) is 9.05. The van der Waals surface area contributed by atoms with E-state index < -0.39 is 16.0 Å². The summed E-state index contributed by atoms with van der Waals surface area (Å²) in [6, 6.07) is 11.4. The Morgan fingerprint density at radius 1 is 1.11 bits per heavy atom. The first-order valence-electron chi connectivity index (χ1n) is 5.43. The monoisotopic (exact) mass is 278 g/mol. The Hall–Kier alpha value is -2.21. The molecule has 1 aromatic carbocycles. The molecule has 2 rings (SSSR count). The number of rotatable bonds is 4. The number of aromatic nitrogens is 1. The normalized spacial score (nSPS) is 11.6. The first kappa shape index (κ1) is 13.2. The highest BCUT2D eigenvalue weighted by molar-refractivity contribution is 7.95. The lowest BCUT2D eigenvalue weighted by Crippen LogP contribution is -2.09. The fourth-order valence-electron chi connectivity index (χ4n) is 1.37. The van der Waals surface area contributed by atoms with E-state index in [4.69, 9.17) is 0 Å². The molecule has 1 N–H and O–H groups in total. The summed E-state index contributed by atoms with van der Waals surface area (Å²) in [5.41, 5.74) is 0.976. The summed E-state index contributed by atoms with van der Waals surface area (Å²) >= 11 is 0. The van der Waals surface area contributed by atoms with Gasteiger partial charge in [0.25, 0.3) is 10.0 Å². The minimum Gasteiger partial charge on any atom is -0.279 e. The van der Waals surface area contributed by atoms with Gasteiger partial charge < -0.3 is 0 Å². The molecule has 0 radical (unpaired) electrons. The largest absolute Gasteiger partial charge is 0.279 e. The summed E-state index contributed by atoms with van der Waals surface area (Å²) in [5, 5.41) is 1.05. The van der Waals surface area contributed by atoms with E-state index in [0.717, 1.165) is 23.2 Å². The Bertz CT molecular complexity index is 668. The average molecular weight is 278 g/mol. The number of halogens is 1. The molecule has 0 aliphatic carbocycles. The first-order valence-corrected chi connectivity index (χ1v) is 6.97. The Morgan fingerprint density at radius 3 is 2.47 bits per heavy atom. The number of nitrogens with one attached hydrogen (secondary N) is 1. The highest BCUT2D eigenvalue weighted by atomic mass is 32.2. The van der Waals surface area contributed by atoms with E-state index in [-0.39, 0.29) is 5.69 Å². The number of benzene rings is 1. The molecule has 1 heterocycles. The van der Waals surface area contributed by atoms with Crippen molar-refractivity contribution in [1.29, 1.82) is 0 Å². The maximum atomic E-state index is 12.6. The van der Waals surface area contributed by atoms with Gasteiger partial charge in [-0.1, -0.05) is 30.3 Å². The summed E-state index contributed by atoms with van der Waals surface area (Å²) in [6.07, 6.45) is 2.59. The third-order valence-electron chi connectivity index (χ3n) is 2.23. The summed E-state index contributed by atoms with van der Waals surface area (Å²) < 4.78 is 38.3. The molecule has 0 atom stereocenters. The molecular formula is C13H11FN2O2S. The minimum atomic E-state index is -3.64. The van der Waals surface area contributed by atoms with Crippen molar-refractivity contribution in [3.05, 3.63) is 65.6 Å². The maximum absolute atomic E-state index is 12.6. The van der Waals surface area contributed by atoms with Gasteiger partial charge in [-0.3, -0.25) is 4.72 Å². The standard InChI is InChI=1S/C13H11FN2O2S/c14-13-7-6-12(10-15-13)16-19(17,18)9-8-11-4-2-1-3-5-11/h1-10,16H/b9-8+. The zero-order valence-electron chi connectivity index (χ0n) is 9.82. The molecule has 0 saturated carbocycles. The third-order valence-corrected chi connectivity index (χ3v) is 3.24. The van der Waals surface area contributed by atoms with Gasteiger partial charge in [-0.05, 0) is 23.8 Å². The Kier molecular flexibility index (Phi) is 3.91. The SMILES string of the molecule is O=S(=O)(/C=C/c1ccccc1)Nc1ccc(F)nc1. The minimum absolute atomic E-state index is 0.208. The van der Waals surface area contributed by atoms with Crippen molar-refractivity contribution in [2.75, 3.05) is 4.72 Å². The highest BCUT2D eigenvalue weighted by Gasteiger charge is 2.05. The van der Waals surface area contributed by atoms with E-state index in [1.807, 2.05) is 18.2 Å². The molecular weight excluding hydrogens is 267 g/mol. The van der Waals surface area contributed by atoms with E-state index in [9.17, 15) is 12.8 Å². The molecule has 1 aromatic heterocycles. The molecule has 98 valence electrons. The fourth-order valence-corrected chi connectivity index (χ4v) is 2.22. The number of sulfonamides is 1. The Balaban J connectivity index is 2.11. The molecule has 0 aliphatic rings. The molecule has 0 unspecified atom stereocenters. The zero-order chi connectivity index (χ0) is 13.7. The van der Waals surface area contributed by atoms with Gasteiger partial charge in [0, 0.05) is 0 Å². The lowest BCUT2D eigenvalue weighted by atomic mass is 10.2. The summed E-state index contributed by atoms with van der Waals surface area (Å²) in [5.74, 6) is -0.664. The molecule has 2 aromatic rings. The quantitative estimate of drug-likeness (QED) is 0.875. The van der Waals surface area contributed by atoms with Crippen LogP contribution in [0.3, 0.4) is 0 Å². The van der Waals surface area contributed by atoms with Crippen molar-refractivity contribution in [3.8, 4) is 0 Å². The molecule has 0 saturated heterocycles. The van der Waals surface area contributed by atoms with Crippen LogP contribution < -0.4 is 4.72 Å². The third kappa shape index (κ3) is 4.18. The van der Waals surface area contributed by atoms with E-state index >= 15 is 0 Å². The van der Waals surface area contributed by atoms with Crippen LogP contribution in [0.5, 0.6) is 0 Å².